The second kappa shape index (κ2) is 7.42. The highest BCUT2D eigenvalue weighted by molar-refractivity contribution is 7.12. The summed E-state index contributed by atoms with van der Waals surface area (Å²) in [4.78, 5) is 28.1. The molecule has 24 heavy (non-hydrogen) atoms. The lowest BCUT2D eigenvalue weighted by Crippen LogP contribution is -2.25. The second-order valence-corrected chi connectivity index (χ2v) is 7.23. The molecule has 0 fully saturated rings. The van der Waals surface area contributed by atoms with Crippen LogP contribution in [0.4, 0.5) is 5.69 Å². The quantitative estimate of drug-likeness (QED) is 0.739. The first-order valence-corrected chi connectivity index (χ1v) is 9.12. The number of hydrogen-bond acceptors (Lipinski definition) is 4. The molecule has 4 nitrogen and oxygen atoms in total. The van der Waals surface area contributed by atoms with E-state index in [4.69, 9.17) is 0 Å². The van der Waals surface area contributed by atoms with Gasteiger partial charge in [0.15, 0.2) is 0 Å². The van der Waals surface area contributed by atoms with Crippen LogP contribution >= 0.6 is 22.7 Å². The van der Waals surface area contributed by atoms with Crippen LogP contribution in [0, 0.1) is 0 Å². The Morgan fingerprint density at radius 3 is 2.54 bits per heavy atom. The van der Waals surface area contributed by atoms with Crippen molar-refractivity contribution in [2.75, 3.05) is 12.4 Å². The molecule has 0 atom stereocenters. The first kappa shape index (κ1) is 16.4. The maximum absolute atomic E-state index is 12.6. The Hall–Kier alpha value is -2.44. The lowest BCUT2D eigenvalue weighted by atomic mass is 10.1. The molecule has 0 saturated heterocycles. The van der Waals surface area contributed by atoms with Crippen LogP contribution in [0.5, 0.6) is 0 Å². The number of benzene rings is 1. The Balaban J connectivity index is 1.70. The number of rotatable bonds is 5. The molecule has 0 aliphatic rings. The predicted molar refractivity (Wildman–Crippen MR) is 98.8 cm³/mol. The molecule has 3 aromatic rings. The summed E-state index contributed by atoms with van der Waals surface area (Å²) in [5, 5.41) is 6.68. The van der Waals surface area contributed by atoms with E-state index in [-0.39, 0.29) is 11.8 Å². The molecule has 1 aromatic carbocycles. The van der Waals surface area contributed by atoms with Gasteiger partial charge in [0.2, 0.25) is 0 Å². The van der Waals surface area contributed by atoms with E-state index in [9.17, 15) is 9.59 Å². The van der Waals surface area contributed by atoms with E-state index in [0.717, 1.165) is 4.88 Å². The van der Waals surface area contributed by atoms with Crippen LogP contribution in [0.25, 0.3) is 0 Å². The molecule has 1 N–H and O–H groups in total. The summed E-state index contributed by atoms with van der Waals surface area (Å²) in [5.74, 6) is -0.239. The van der Waals surface area contributed by atoms with Crippen molar-refractivity contribution in [3.63, 3.8) is 0 Å². The molecule has 6 heteroatoms. The molecule has 0 aliphatic heterocycles. The van der Waals surface area contributed by atoms with Gasteiger partial charge in [0.1, 0.15) is 0 Å². The second-order valence-electron chi connectivity index (χ2n) is 5.25. The Morgan fingerprint density at radius 1 is 1.04 bits per heavy atom. The average molecular weight is 356 g/mol. The molecule has 2 aromatic heterocycles. The highest BCUT2D eigenvalue weighted by atomic mass is 32.1. The summed E-state index contributed by atoms with van der Waals surface area (Å²) in [5.41, 5.74) is 1.17. The van der Waals surface area contributed by atoms with Crippen molar-refractivity contribution in [2.45, 2.75) is 6.54 Å². The zero-order chi connectivity index (χ0) is 16.9. The van der Waals surface area contributed by atoms with E-state index in [1.54, 1.807) is 53.6 Å². The molecule has 2 heterocycles. The maximum atomic E-state index is 12.6. The number of anilines is 1. The minimum atomic E-state index is -0.165. The zero-order valence-corrected chi connectivity index (χ0v) is 14.7. The Labute approximate surface area is 148 Å². The Kier molecular flexibility index (Phi) is 5.08. The molecular formula is C18H16N2O2S2. The molecule has 0 unspecified atom stereocenters. The first-order valence-electron chi connectivity index (χ1n) is 7.36. The fraction of sp³-hybridized carbons (Fsp3) is 0.111. The van der Waals surface area contributed by atoms with Gasteiger partial charge in [0.05, 0.1) is 11.4 Å². The Morgan fingerprint density at radius 2 is 1.83 bits per heavy atom. The smallest absolute Gasteiger partial charge is 0.265 e. The molecule has 0 aliphatic carbocycles. The topological polar surface area (TPSA) is 49.4 Å². The highest BCUT2D eigenvalue weighted by Gasteiger charge is 2.14. The predicted octanol–water partition coefficient (Wildman–Crippen LogP) is 4.33. The van der Waals surface area contributed by atoms with E-state index in [1.165, 1.54) is 11.3 Å². The number of carbonyl (C=O) groups is 2. The summed E-state index contributed by atoms with van der Waals surface area (Å²) in [6.45, 7) is 0.572. The average Bonchev–Trinajstić information content (AvgIpc) is 3.28. The van der Waals surface area contributed by atoms with Crippen LogP contribution in [0.2, 0.25) is 0 Å². The van der Waals surface area contributed by atoms with Crippen molar-refractivity contribution >= 4 is 40.2 Å². The van der Waals surface area contributed by atoms with Crippen molar-refractivity contribution in [3.05, 3.63) is 74.6 Å². The van der Waals surface area contributed by atoms with E-state index in [1.807, 2.05) is 29.0 Å². The van der Waals surface area contributed by atoms with Crippen LogP contribution in [-0.4, -0.2) is 23.8 Å². The van der Waals surface area contributed by atoms with Crippen LogP contribution in [0.15, 0.2) is 59.3 Å². The number of nitrogens with zero attached hydrogens (tertiary/aromatic N) is 1. The molecule has 122 valence electrons. The summed E-state index contributed by atoms with van der Waals surface area (Å²) < 4.78 is 0. The van der Waals surface area contributed by atoms with E-state index >= 15 is 0 Å². The maximum Gasteiger partial charge on any atom is 0.265 e. The monoisotopic (exact) mass is 356 g/mol. The zero-order valence-electron chi connectivity index (χ0n) is 13.1. The van der Waals surface area contributed by atoms with E-state index < -0.39 is 0 Å². The standard InChI is InChI=1S/C18H16N2O2S2/c1-20(12-15-7-3-9-23-15)18(22)13-5-2-6-14(11-13)19-17(21)16-8-4-10-24-16/h2-11H,12H2,1H3,(H,19,21). The lowest BCUT2D eigenvalue weighted by Gasteiger charge is -2.16. The summed E-state index contributed by atoms with van der Waals surface area (Å²) in [6, 6.07) is 14.6. The molecule has 0 spiro atoms. The van der Waals surface area contributed by atoms with Gasteiger partial charge < -0.3 is 10.2 Å². The van der Waals surface area contributed by atoms with Crippen LogP contribution < -0.4 is 5.32 Å². The van der Waals surface area contributed by atoms with Gasteiger partial charge in [-0.2, -0.15) is 0 Å². The minimum absolute atomic E-state index is 0.0735. The molecule has 0 bridgehead atoms. The van der Waals surface area contributed by atoms with Crippen molar-refractivity contribution in [2.24, 2.45) is 0 Å². The third-order valence-corrected chi connectivity index (χ3v) is 5.16. The van der Waals surface area contributed by atoms with E-state index in [2.05, 4.69) is 5.32 Å². The van der Waals surface area contributed by atoms with Crippen LogP contribution in [0.3, 0.4) is 0 Å². The first-order chi connectivity index (χ1) is 11.6. The molecule has 0 radical (unpaired) electrons. The van der Waals surface area contributed by atoms with Gasteiger partial charge in [-0.15, -0.1) is 22.7 Å². The lowest BCUT2D eigenvalue weighted by molar-refractivity contribution is 0.0786. The number of amides is 2. The van der Waals surface area contributed by atoms with Crippen molar-refractivity contribution in [3.8, 4) is 0 Å². The van der Waals surface area contributed by atoms with Crippen LogP contribution in [-0.2, 0) is 6.54 Å². The van der Waals surface area contributed by atoms with Crippen molar-refractivity contribution in [1.29, 1.82) is 0 Å². The van der Waals surface area contributed by atoms with Gasteiger partial charge >= 0.3 is 0 Å². The van der Waals surface area contributed by atoms with Gasteiger partial charge in [-0.05, 0) is 41.1 Å². The fourth-order valence-electron chi connectivity index (χ4n) is 2.26. The third-order valence-electron chi connectivity index (χ3n) is 3.43. The van der Waals surface area contributed by atoms with Gasteiger partial charge in [0.25, 0.3) is 11.8 Å². The normalized spacial score (nSPS) is 10.4. The summed E-state index contributed by atoms with van der Waals surface area (Å²) in [6.07, 6.45) is 0. The fourth-order valence-corrected chi connectivity index (χ4v) is 3.64. The molecule has 0 saturated carbocycles. The number of carbonyl (C=O) groups excluding carboxylic acids is 2. The van der Waals surface area contributed by atoms with Crippen molar-refractivity contribution in [1.82, 2.24) is 4.90 Å². The van der Waals surface area contributed by atoms with Crippen LogP contribution in [0.1, 0.15) is 24.9 Å². The third kappa shape index (κ3) is 3.90. The van der Waals surface area contributed by atoms with Crippen molar-refractivity contribution < 1.29 is 9.59 Å². The molecular weight excluding hydrogens is 340 g/mol. The minimum Gasteiger partial charge on any atom is -0.337 e. The van der Waals surface area contributed by atoms with Gasteiger partial charge in [0, 0.05) is 23.2 Å². The molecule has 3 rings (SSSR count). The summed E-state index contributed by atoms with van der Waals surface area (Å²) in [7, 11) is 1.78. The van der Waals surface area contributed by atoms with E-state index in [0.29, 0.717) is 22.7 Å². The number of hydrogen-bond donors (Lipinski definition) is 1. The van der Waals surface area contributed by atoms with Gasteiger partial charge in [-0.25, -0.2) is 0 Å². The SMILES string of the molecule is CN(Cc1cccs1)C(=O)c1cccc(NC(=O)c2cccs2)c1. The van der Waals surface area contributed by atoms with Gasteiger partial charge in [-0.3, -0.25) is 9.59 Å². The van der Waals surface area contributed by atoms with Gasteiger partial charge in [-0.1, -0.05) is 18.2 Å². The highest BCUT2D eigenvalue weighted by Crippen LogP contribution is 2.17. The summed E-state index contributed by atoms with van der Waals surface area (Å²) >= 11 is 3.01. The Bertz CT molecular complexity index is 827. The molecule has 2 amide bonds. The number of thiophene rings is 2. The largest absolute Gasteiger partial charge is 0.337 e. The number of nitrogens with one attached hydrogen (secondary N) is 1.